The van der Waals surface area contributed by atoms with Crippen LogP contribution in [0.2, 0.25) is 0 Å². The molecule has 0 spiro atoms. The quantitative estimate of drug-likeness (QED) is 0.862. The van der Waals surface area contributed by atoms with Crippen LogP contribution in [0.4, 0.5) is 0 Å². The summed E-state index contributed by atoms with van der Waals surface area (Å²) < 4.78 is 4.77. The normalized spacial score (nSPS) is 13.4. The van der Waals surface area contributed by atoms with Crippen molar-refractivity contribution in [1.29, 1.82) is 0 Å². The molecule has 2 atom stereocenters. The Morgan fingerprint density at radius 1 is 1.23 bits per heavy atom. The van der Waals surface area contributed by atoms with Crippen molar-refractivity contribution in [3.63, 3.8) is 0 Å². The van der Waals surface area contributed by atoms with Gasteiger partial charge in [-0.1, -0.05) is 44.5 Å². The first-order valence-electron chi connectivity index (χ1n) is 7.31. The number of pyridine rings is 1. The van der Waals surface area contributed by atoms with E-state index in [0.29, 0.717) is 0 Å². The summed E-state index contributed by atoms with van der Waals surface area (Å²) in [6.45, 7) is 3.86. The number of rotatable bonds is 5. The van der Waals surface area contributed by atoms with Crippen LogP contribution in [0.5, 0.6) is 0 Å². The zero-order chi connectivity index (χ0) is 16.1. The molecule has 0 aliphatic carbocycles. The summed E-state index contributed by atoms with van der Waals surface area (Å²) in [6, 6.07) is 10.4. The third kappa shape index (κ3) is 3.42. The second kappa shape index (κ2) is 7.02. The van der Waals surface area contributed by atoms with Gasteiger partial charge in [0.2, 0.25) is 0 Å². The van der Waals surface area contributed by atoms with Gasteiger partial charge in [-0.25, -0.2) is 9.78 Å². The molecule has 5 nitrogen and oxygen atoms in total. The summed E-state index contributed by atoms with van der Waals surface area (Å²) in [6.07, 6.45) is 0.755. The second-order valence-electron chi connectivity index (χ2n) is 5.25. The molecule has 0 saturated heterocycles. The molecule has 1 heterocycles. The van der Waals surface area contributed by atoms with Gasteiger partial charge in [-0.3, -0.25) is 4.79 Å². The van der Waals surface area contributed by atoms with Crippen molar-refractivity contribution in [2.24, 2.45) is 5.92 Å². The van der Waals surface area contributed by atoms with Crippen molar-refractivity contribution >= 4 is 22.8 Å². The van der Waals surface area contributed by atoms with Crippen molar-refractivity contribution in [3.8, 4) is 0 Å². The summed E-state index contributed by atoms with van der Waals surface area (Å²) in [5.41, 5.74) is 1.03. The number of benzene rings is 1. The highest BCUT2D eigenvalue weighted by Crippen LogP contribution is 2.13. The predicted molar refractivity (Wildman–Crippen MR) is 84.5 cm³/mol. The lowest BCUT2D eigenvalue weighted by Crippen LogP contribution is -2.45. The first-order chi connectivity index (χ1) is 10.6. The molecule has 1 aromatic heterocycles. The maximum absolute atomic E-state index is 12.4. The van der Waals surface area contributed by atoms with Crippen molar-refractivity contribution in [2.75, 3.05) is 7.11 Å². The molecule has 2 aromatic rings. The Balaban J connectivity index is 2.22. The third-order valence-corrected chi connectivity index (χ3v) is 3.79. The Morgan fingerprint density at radius 3 is 2.64 bits per heavy atom. The first-order valence-corrected chi connectivity index (χ1v) is 7.31. The molecular weight excluding hydrogens is 280 g/mol. The Morgan fingerprint density at radius 2 is 1.95 bits per heavy atom. The molecule has 22 heavy (non-hydrogen) atoms. The Hall–Kier alpha value is -2.43. The topological polar surface area (TPSA) is 68.3 Å². The summed E-state index contributed by atoms with van der Waals surface area (Å²) in [4.78, 5) is 28.5. The van der Waals surface area contributed by atoms with Crippen LogP contribution in [0, 0.1) is 5.92 Å². The summed E-state index contributed by atoms with van der Waals surface area (Å²) in [7, 11) is 1.32. The number of fused-ring (bicyclic) bond motifs is 1. The highest BCUT2D eigenvalue weighted by Gasteiger charge is 2.27. The minimum absolute atomic E-state index is 0.0168. The van der Waals surface area contributed by atoms with Gasteiger partial charge in [-0.15, -0.1) is 0 Å². The Kier molecular flexibility index (Phi) is 5.09. The number of para-hydroxylation sites is 1. The number of nitrogens with zero attached hydrogens (tertiary/aromatic N) is 1. The van der Waals surface area contributed by atoms with E-state index in [-0.39, 0.29) is 17.5 Å². The van der Waals surface area contributed by atoms with Gasteiger partial charge >= 0.3 is 5.97 Å². The van der Waals surface area contributed by atoms with Crippen molar-refractivity contribution in [2.45, 2.75) is 26.3 Å². The van der Waals surface area contributed by atoms with Crippen LogP contribution < -0.4 is 5.32 Å². The van der Waals surface area contributed by atoms with Crippen molar-refractivity contribution in [1.82, 2.24) is 10.3 Å². The van der Waals surface area contributed by atoms with Gasteiger partial charge in [0.25, 0.3) is 5.91 Å². The molecule has 0 saturated carbocycles. The van der Waals surface area contributed by atoms with E-state index in [1.54, 1.807) is 6.07 Å². The van der Waals surface area contributed by atoms with Crippen LogP contribution in [0.1, 0.15) is 30.8 Å². The van der Waals surface area contributed by atoms with Crippen LogP contribution in [-0.4, -0.2) is 30.0 Å². The van der Waals surface area contributed by atoms with Gasteiger partial charge < -0.3 is 10.1 Å². The zero-order valence-electron chi connectivity index (χ0n) is 13.0. The van der Waals surface area contributed by atoms with E-state index in [9.17, 15) is 9.59 Å². The van der Waals surface area contributed by atoms with Crippen LogP contribution in [0.15, 0.2) is 36.4 Å². The number of methoxy groups -OCH3 is 1. The van der Waals surface area contributed by atoms with Gasteiger partial charge in [-0.05, 0) is 18.1 Å². The molecule has 0 fully saturated rings. The van der Waals surface area contributed by atoms with Gasteiger partial charge in [0, 0.05) is 5.39 Å². The summed E-state index contributed by atoms with van der Waals surface area (Å²) in [5.74, 6) is -0.832. The largest absolute Gasteiger partial charge is 0.467 e. The highest BCUT2D eigenvalue weighted by atomic mass is 16.5. The molecule has 0 aliphatic heterocycles. The minimum atomic E-state index is -0.671. The molecule has 5 heteroatoms. The summed E-state index contributed by atoms with van der Waals surface area (Å²) in [5, 5.41) is 3.69. The number of aromatic nitrogens is 1. The van der Waals surface area contributed by atoms with Crippen LogP contribution in [-0.2, 0) is 9.53 Å². The fourth-order valence-corrected chi connectivity index (χ4v) is 2.20. The third-order valence-electron chi connectivity index (χ3n) is 3.79. The SMILES string of the molecule is CCC(C)C(NC(=O)c1ccc2ccccc2n1)C(=O)OC. The van der Waals surface area contributed by atoms with E-state index < -0.39 is 12.0 Å². The van der Waals surface area contributed by atoms with E-state index in [4.69, 9.17) is 4.74 Å². The molecule has 0 radical (unpaired) electrons. The predicted octanol–water partition coefficient (Wildman–Crippen LogP) is 2.55. The number of amides is 1. The number of esters is 1. The number of hydrogen-bond acceptors (Lipinski definition) is 4. The molecule has 1 amide bonds. The van der Waals surface area contributed by atoms with Crippen molar-refractivity contribution < 1.29 is 14.3 Å². The van der Waals surface area contributed by atoms with E-state index in [1.165, 1.54) is 7.11 Å². The standard InChI is InChI=1S/C17H20N2O3/c1-4-11(2)15(17(21)22-3)19-16(20)14-10-9-12-7-5-6-8-13(12)18-14/h5-11,15H,4H2,1-3H3,(H,19,20). The van der Waals surface area contributed by atoms with E-state index in [1.807, 2.05) is 44.2 Å². The highest BCUT2D eigenvalue weighted by molar-refractivity contribution is 5.97. The maximum Gasteiger partial charge on any atom is 0.328 e. The van der Waals surface area contributed by atoms with Crippen LogP contribution in [0.25, 0.3) is 10.9 Å². The van der Waals surface area contributed by atoms with Crippen molar-refractivity contribution in [3.05, 3.63) is 42.1 Å². The minimum Gasteiger partial charge on any atom is -0.467 e. The number of hydrogen-bond donors (Lipinski definition) is 1. The number of nitrogens with one attached hydrogen (secondary N) is 1. The lowest BCUT2D eigenvalue weighted by Gasteiger charge is -2.21. The van der Waals surface area contributed by atoms with E-state index in [2.05, 4.69) is 10.3 Å². The second-order valence-corrected chi connectivity index (χ2v) is 5.25. The Bertz CT molecular complexity index is 684. The number of carbonyl (C=O) groups is 2. The molecule has 1 N–H and O–H groups in total. The number of carbonyl (C=O) groups excluding carboxylic acids is 2. The van der Waals surface area contributed by atoms with E-state index in [0.717, 1.165) is 17.3 Å². The van der Waals surface area contributed by atoms with Gasteiger partial charge in [0.1, 0.15) is 11.7 Å². The molecule has 2 rings (SSSR count). The van der Waals surface area contributed by atoms with Gasteiger partial charge in [0.05, 0.1) is 12.6 Å². The smallest absolute Gasteiger partial charge is 0.328 e. The molecule has 116 valence electrons. The fourth-order valence-electron chi connectivity index (χ4n) is 2.20. The van der Waals surface area contributed by atoms with Gasteiger partial charge in [0.15, 0.2) is 0 Å². The first kappa shape index (κ1) is 15.9. The lowest BCUT2D eigenvalue weighted by molar-refractivity contribution is -0.144. The molecular formula is C17H20N2O3. The van der Waals surface area contributed by atoms with E-state index >= 15 is 0 Å². The maximum atomic E-state index is 12.4. The number of ether oxygens (including phenoxy) is 1. The summed E-state index contributed by atoms with van der Waals surface area (Å²) >= 11 is 0. The molecule has 2 unspecified atom stereocenters. The molecule has 1 aromatic carbocycles. The van der Waals surface area contributed by atoms with Gasteiger partial charge in [-0.2, -0.15) is 0 Å². The molecule has 0 bridgehead atoms. The average Bonchev–Trinajstić information content (AvgIpc) is 2.57. The van der Waals surface area contributed by atoms with Crippen LogP contribution in [0.3, 0.4) is 0 Å². The average molecular weight is 300 g/mol. The lowest BCUT2D eigenvalue weighted by atomic mass is 9.99. The monoisotopic (exact) mass is 300 g/mol. The van der Waals surface area contributed by atoms with Crippen LogP contribution >= 0.6 is 0 Å². The molecule has 0 aliphatic rings. The Labute approximate surface area is 129 Å². The fraction of sp³-hybridized carbons (Fsp3) is 0.353. The zero-order valence-corrected chi connectivity index (χ0v) is 13.0.